The number of fused-ring (bicyclic) bond motifs is 1. The van der Waals surface area contributed by atoms with E-state index < -0.39 is 10.0 Å². The molecule has 1 aromatic carbocycles. The highest BCUT2D eigenvalue weighted by molar-refractivity contribution is 7.89. The van der Waals surface area contributed by atoms with Gasteiger partial charge in [0.2, 0.25) is 10.0 Å². The average molecular weight is 358 g/mol. The smallest absolute Gasteiger partial charge is 0.244 e. The average Bonchev–Trinajstić information content (AvgIpc) is 3.26. The minimum Gasteiger partial charge on any atom is -0.256 e. The third-order valence-corrected chi connectivity index (χ3v) is 7.53. The van der Waals surface area contributed by atoms with Gasteiger partial charge in [0.25, 0.3) is 0 Å². The lowest BCUT2D eigenvalue weighted by molar-refractivity contribution is 0.401. The molecular formula is C18H18N2O2S2. The topological polar surface area (TPSA) is 50.3 Å². The Labute approximate surface area is 145 Å². The Kier molecular flexibility index (Phi) is 3.90. The predicted octanol–water partition coefficient (Wildman–Crippen LogP) is 4.13. The van der Waals surface area contributed by atoms with Gasteiger partial charge in [-0.3, -0.25) is 4.98 Å². The third kappa shape index (κ3) is 2.46. The zero-order chi connectivity index (χ0) is 16.7. The SMILES string of the molecule is Cc1ccc(S(=O)(=O)N2CCCC2c2cccs2)c2cccnc12. The molecule has 0 radical (unpaired) electrons. The van der Waals surface area contributed by atoms with E-state index in [9.17, 15) is 8.42 Å². The molecule has 0 bridgehead atoms. The molecule has 1 aliphatic rings. The Morgan fingerprint density at radius 2 is 2.08 bits per heavy atom. The van der Waals surface area contributed by atoms with E-state index in [1.165, 1.54) is 0 Å². The molecule has 1 atom stereocenters. The molecule has 124 valence electrons. The largest absolute Gasteiger partial charge is 0.256 e. The van der Waals surface area contributed by atoms with E-state index in [4.69, 9.17) is 0 Å². The van der Waals surface area contributed by atoms with Gasteiger partial charge >= 0.3 is 0 Å². The van der Waals surface area contributed by atoms with Crippen molar-refractivity contribution in [3.05, 3.63) is 58.4 Å². The number of pyridine rings is 1. The zero-order valence-electron chi connectivity index (χ0n) is 13.3. The van der Waals surface area contributed by atoms with Crippen molar-refractivity contribution in [3.63, 3.8) is 0 Å². The first-order valence-corrected chi connectivity index (χ1v) is 10.3. The molecule has 0 saturated carbocycles. The fourth-order valence-electron chi connectivity index (χ4n) is 3.43. The molecule has 0 N–H and O–H groups in total. The molecule has 4 nitrogen and oxygen atoms in total. The molecular weight excluding hydrogens is 340 g/mol. The summed E-state index contributed by atoms with van der Waals surface area (Å²) < 4.78 is 28.4. The van der Waals surface area contributed by atoms with E-state index in [1.807, 2.05) is 36.6 Å². The molecule has 1 aliphatic heterocycles. The Bertz CT molecular complexity index is 981. The number of benzene rings is 1. The number of hydrogen-bond acceptors (Lipinski definition) is 4. The van der Waals surface area contributed by atoms with E-state index in [2.05, 4.69) is 4.98 Å². The van der Waals surface area contributed by atoms with Crippen LogP contribution in [0.3, 0.4) is 0 Å². The van der Waals surface area contributed by atoms with Gasteiger partial charge in [-0.2, -0.15) is 4.31 Å². The van der Waals surface area contributed by atoms with Crippen molar-refractivity contribution in [2.75, 3.05) is 6.54 Å². The van der Waals surface area contributed by atoms with Crippen molar-refractivity contribution < 1.29 is 8.42 Å². The van der Waals surface area contributed by atoms with E-state index in [-0.39, 0.29) is 6.04 Å². The molecule has 1 fully saturated rings. The summed E-state index contributed by atoms with van der Waals surface area (Å²) in [6.45, 7) is 2.52. The molecule has 0 aliphatic carbocycles. The van der Waals surface area contributed by atoms with E-state index in [0.29, 0.717) is 16.8 Å². The van der Waals surface area contributed by atoms with Crippen LogP contribution in [0.2, 0.25) is 0 Å². The van der Waals surface area contributed by atoms with Gasteiger partial charge < -0.3 is 0 Å². The van der Waals surface area contributed by atoms with Crippen LogP contribution in [0, 0.1) is 6.92 Å². The second-order valence-corrected chi connectivity index (χ2v) is 8.91. The number of aromatic nitrogens is 1. The van der Waals surface area contributed by atoms with Crippen LogP contribution < -0.4 is 0 Å². The Hall–Kier alpha value is -1.76. The molecule has 4 rings (SSSR count). The van der Waals surface area contributed by atoms with Gasteiger partial charge in [-0.15, -0.1) is 11.3 Å². The second-order valence-electron chi connectivity index (χ2n) is 6.07. The normalized spacial score (nSPS) is 19.1. The summed E-state index contributed by atoms with van der Waals surface area (Å²) in [6.07, 6.45) is 3.47. The molecule has 3 heterocycles. The molecule has 2 aromatic heterocycles. The first-order valence-electron chi connectivity index (χ1n) is 7.98. The van der Waals surface area contributed by atoms with Crippen LogP contribution in [0.15, 0.2) is 52.9 Å². The van der Waals surface area contributed by atoms with Crippen molar-refractivity contribution in [2.24, 2.45) is 0 Å². The lowest BCUT2D eigenvalue weighted by Crippen LogP contribution is -2.30. The lowest BCUT2D eigenvalue weighted by Gasteiger charge is -2.24. The zero-order valence-corrected chi connectivity index (χ0v) is 15.0. The fraction of sp³-hybridized carbons (Fsp3) is 0.278. The number of nitrogens with zero attached hydrogens (tertiary/aromatic N) is 2. The van der Waals surface area contributed by atoms with Crippen LogP contribution in [0.1, 0.15) is 29.3 Å². The molecule has 24 heavy (non-hydrogen) atoms. The highest BCUT2D eigenvalue weighted by Crippen LogP contribution is 2.39. The van der Waals surface area contributed by atoms with Crippen LogP contribution >= 0.6 is 11.3 Å². The monoisotopic (exact) mass is 358 g/mol. The maximum atomic E-state index is 13.4. The molecule has 0 amide bonds. The summed E-state index contributed by atoms with van der Waals surface area (Å²) in [6, 6.07) is 11.2. The predicted molar refractivity (Wildman–Crippen MR) is 96.7 cm³/mol. The van der Waals surface area contributed by atoms with Crippen molar-refractivity contribution in [1.29, 1.82) is 0 Å². The quantitative estimate of drug-likeness (QED) is 0.707. The van der Waals surface area contributed by atoms with Gasteiger partial charge in [-0.05, 0) is 55.0 Å². The highest BCUT2D eigenvalue weighted by Gasteiger charge is 2.37. The minimum absolute atomic E-state index is 0.0528. The van der Waals surface area contributed by atoms with E-state index in [1.54, 1.807) is 34.0 Å². The van der Waals surface area contributed by atoms with Crippen LogP contribution in [-0.4, -0.2) is 24.3 Å². The van der Waals surface area contributed by atoms with Crippen LogP contribution in [0.4, 0.5) is 0 Å². The first kappa shape index (κ1) is 15.7. The number of rotatable bonds is 3. The minimum atomic E-state index is -3.56. The standard InChI is InChI=1S/C18H18N2O2S2/c1-13-8-9-17(14-5-2-10-19-18(13)14)24(21,22)20-11-3-6-15(20)16-7-4-12-23-16/h2,4-5,7-10,12,15H,3,6,11H2,1H3. The number of sulfonamides is 1. The summed E-state index contributed by atoms with van der Waals surface area (Å²) in [7, 11) is -3.56. The molecule has 1 unspecified atom stereocenters. The van der Waals surface area contributed by atoms with Crippen molar-refractivity contribution in [1.82, 2.24) is 9.29 Å². The molecule has 1 saturated heterocycles. The summed E-state index contributed by atoms with van der Waals surface area (Å²) in [5.41, 5.74) is 1.74. The van der Waals surface area contributed by atoms with Crippen molar-refractivity contribution in [2.45, 2.75) is 30.7 Å². The van der Waals surface area contributed by atoms with Crippen molar-refractivity contribution in [3.8, 4) is 0 Å². The van der Waals surface area contributed by atoms with E-state index in [0.717, 1.165) is 28.8 Å². The third-order valence-electron chi connectivity index (χ3n) is 4.59. The van der Waals surface area contributed by atoms with Gasteiger partial charge in [0, 0.05) is 23.0 Å². The van der Waals surface area contributed by atoms with Crippen LogP contribution in [-0.2, 0) is 10.0 Å². The first-order chi connectivity index (χ1) is 11.6. The van der Waals surface area contributed by atoms with Gasteiger partial charge in [0.05, 0.1) is 16.5 Å². The Balaban J connectivity index is 1.85. The highest BCUT2D eigenvalue weighted by atomic mass is 32.2. The maximum absolute atomic E-state index is 13.4. The summed E-state index contributed by atoms with van der Waals surface area (Å²) >= 11 is 1.62. The lowest BCUT2D eigenvalue weighted by atomic mass is 10.1. The van der Waals surface area contributed by atoms with Crippen molar-refractivity contribution >= 4 is 32.3 Å². The van der Waals surface area contributed by atoms with E-state index >= 15 is 0 Å². The van der Waals surface area contributed by atoms with Gasteiger partial charge in [-0.25, -0.2) is 8.42 Å². The number of thiophene rings is 1. The molecule has 0 spiro atoms. The summed E-state index contributed by atoms with van der Waals surface area (Å²) in [5.74, 6) is 0. The molecule has 6 heteroatoms. The summed E-state index contributed by atoms with van der Waals surface area (Å²) in [4.78, 5) is 5.85. The second kappa shape index (κ2) is 5.95. The van der Waals surface area contributed by atoms with Crippen LogP contribution in [0.25, 0.3) is 10.9 Å². The van der Waals surface area contributed by atoms with Crippen LogP contribution in [0.5, 0.6) is 0 Å². The van der Waals surface area contributed by atoms with Gasteiger partial charge in [-0.1, -0.05) is 12.1 Å². The Morgan fingerprint density at radius 1 is 1.21 bits per heavy atom. The Morgan fingerprint density at radius 3 is 2.88 bits per heavy atom. The van der Waals surface area contributed by atoms with Gasteiger partial charge in [0.1, 0.15) is 0 Å². The maximum Gasteiger partial charge on any atom is 0.244 e. The number of aryl methyl sites for hydroxylation is 1. The number of hydrogen-bond donors (Lipinski definition) is 0. The molecule has 3 aromatic rings. The fourth-order valence-corrected chi connectivity index (χ4v) is 6.23. The van der Waals surface area contributed by atoms with Gasteiger partial charge in [0.15, 0.2) is 0 Å². The summed E-state index contributed by atoms with van der Waals surface area (Å²) in [5, 5.41) is 2.71.